The van der Waals surface area contributed by atoms with Crippen LogP contribution in [0.25, 0.3) is 0 Å². The number of unbranched alkanes of at least 4 members (excludes halogenated alkanes) is 30. The van der Waals surface area contributed by atoms with E-state index in [2.05, 4.69) is 13.8 Å². The summed E-state index contributed by atoms with van der Waals surface area (Å²) in [6, 6.07) is 18.7. The van der Waals surface area contributed by atoms with Crippen molar-refractivity contribution in [1.29, 1.82) is 0 Å². The SMILES string of the molecule is CCCCCCCCCCCCCCCCCCN(C(N)=O)C(c1ccccc1)(c1ccccc1)N(CCCCCCCCCCCCCCCCCC)C(N)=O. The van der Waals surface area contributed by atoms with Gasteiger partial charge >= 0.3 is 12.1 Å². The molecule has 0 spiro atoms. The van der Waals surface area contributed by atoms with E-state index in [1.165, 1.54) is 167 Å². The molecule has 0 aromatic heterocycles. The predicted molar refractivity (Wildman–Crippen MR) is 245 cm³/mol. The van der Waals surface area contributed by atoms with Gasteiger partial charge in [0.2, 0.25) is 0 Å². The fourth-order valence-corrected chi connectivity index (χ4v) is 8.78. The van der Waals surface area contributed by atoms with Crippen LogP contribution in [0.1, 0.15) is 230 Å². The molecule has 2 rings (SSSR count). The Balaban J connectivity index is 1.91. The van der Waals surface area contributed by atoms with E-state index in [-0.39, 0.29) is 0 Å². The number of rotatable bonds is 38. The molecule has 324 valence electrons. The summed E-state index contributed by atoms with van der Waals surface area (Å²) in [7, 11) is 0. The molecule has 0 aliphatic rings. The molecule has 0 unspecified atom stereocenters. The number of amides is 4. The highest BCUT2D eigenvalue weighted by Gasteiger charge is 2.48. The Morgan fingerprint density at radius 1 is 0.368 bits per heavy atom. The summed E-state index contributed by atoms with van der Waals surface area (Å²) in [5.41, 5.74) is 13.0. The predicted octanol–water partition coefficient (Wildman–Crippen LogP) is 15.2. The third-order valence-corrected chi connectivity index (χ3v) is 12.1. The first-order chi connectivity index (χ1) is 28.0. The third-order valence-electron chi connectivity index (χ3n) is 12.1. The largest absolute Gasteiger partial charge is 0.351 e. The van der Waals surface area contributed by atoms with Crippen LogP contribution in [-0.4, -0.2) is 35.0 Å². The zero-order valence-electron chi connectivity index (χ0n) is 37.2. The summed E-state index contributed by atoms with van der Waals surface area (Å²) in [6.07, 6.45) is 41.1. The number of urea groups is 2. The Morgan fingerprint density at radius 2 is 0.579 bits per heavy atom. The average Bonchev–Trinajstić information content (AvgIpc) is 3.22. The van der Waals surface area contributed by atoms with Gasteiger partial charge in [0.25, 0.3) is 0 Å². The van der Waals surface area contributed by atoms with E-state index < -0.39 is 17.7 Å². The smallest absolute Gasteiger partial charge is 0.317 e. The van der Waals surface area contributed by atoms with Crippen molar-refractivity contribution in [1.82, 2.24) is 9.80 Å². The van der Waals surface area contributed by atoms with Gasteiger partial charge in [0.05, 0.1) is 0 Å². The number of carbonyl (C=O) groups is 2. The molecule has 6 nitrogen and oxygen atoms in total. The minimum Gasteiger partial charge on any atom is -0.351 e. The van der Waals surface area contributed by atoms with E-state index in [4.69, 9.17) is 11.5 Å². The molecule has 4 N–H and O–H groups in total. The summed E-state index contributed by atoms with van der Waals surface area (Å²) in [5, 5.41) is 0. The van der Waals surface area contributed by atoms with E-state index in [0.29, 0.717) is 13.1 Å². The average molecular weight is 789 g/mol. The van der Waals surface area contributed by atoms with Gasteiger partial charge < -0.3 is 11.5 Å². The van der Waals surface area contributed by atoms with E-state index in [0.717, 1.165) is 49.7 Å². The van der Waals surface area contributed by atoms with Crippen LogP contribution in [0, 0.1) is 0 Å². The summed E-state index contributed by atoms with van der Waals surface area (Å²) in [6.45, 7) is 5.45. The van der Waals surface area contributed by atoms with Crippen LogP contribution >= 0.6 is 0 Å². The van der Waals surface area contributed by atoms with Crippen LogP contribution < -0.4 is 11.5 Å². The summed E-state index contributed by atoms with van der Waals surface area (Å²) >= 11 is 0. The third kappa shape index (κ3) is 21.0. The molecule has 0 aliphatic heterocycles. The Labute approximate surface area is 351 Å². The molecular formula is C51H88N4O2. The molecule has 57 heavy (non-hydrogen) atoms. The molecular weight excluding hydrogens is 701 g/mol. The lowest BCUT2D eigenvalue weighted by Crippen LogP contribution is -2.64. The topological polar surface area (TPSA) is 92.7 Å². The molecule has 0 aliphatic carbocycles. The van der Waals surface area contributed by atoms with Gasteiger partial charge in [-0.25, -0.2) is 9.59 Å². The number of hydrogen-bond donors (Lipinski definition) is 2. The lowest BCUT2D eigenvalue weighted by Gasteiger charge is -2.50. The number of hydrogen-bond acceptors (Lipinski definition) is 2. The second kappa shape index (κ2) is 33.9. The fraction of sp³-hybridized carbons (Fsp3) is 0.725. The molecule has 4 amide bonds. The lowest BCUT2D eigenvalue weighted by atomic mass is 9.86. The second-order valence-electron chi connectivity index (χ2n) is 17.0. The number of nitrogens with zero attached hydrogens (tertiary/aromatic N) is 2. The van der Waals surface area contributed by atoms with Crippen LogP contribution in [0.4, 0.5) is 9.59 Å². The number of primary amides is 2. The molecule has 6 heteroatoms. The van der Waals surface area contributed by atoms with Gasteiger partial charge in [-0.15, -0.1) is 0 Å². The summed E-state index contributed by atoms with van der Waals surface area (Å²) in [4.78, 5) is 30.6. The van der Waals surface area contributed by atoms with Crippen molar-refractivity contribution in [2.24, 2.45) is 11.5 Å². The number of carbonyl (C=O) groups excluding carboxylic acids is 2. The lowest BCUT2D eigenvalue weighted by molar-refractivity contribution is 0.0236. The van der Waals surface area contributed by atoms with Crippen molar-refractivity contribution in [3.05, 3.63) is 71.8 Å². The van der Waals surface area contributed by atoms with Crippen molar-refractivity contribution >= 4 is 12.1 Å². The maximum absolute atomic E-state index is 13.6. The zero-order chi connectivity index (χ0) is 41.1. The molecule has 0 fully saturated rings. The second-order valence-corrected chi connectivity index (χ2v) is 17.0. The summed E-state index contributed by atoms with van der Waals surface area (Å²) < 4.78 is 0. The minimum atomic E-state index is -1.24. The maximum Gasteiger partial charge on any atom is 0.317 e. The Hall–Kier alpha value is -3.02. The number of nitrogens with two attached hydrogens (primary N) is 2. The van der Waals surface area contributed by atoms with E-state index in [1.54, 1.807) is 9.80 Å². The molecule has 0 heterocycles. The van der Waals surface area contributed by atoms with E-state index in [1.807, 2.05) is 60.7 Å². The molecule has 0 saturated carbocycles. The van der Waals surface area contributed by atoms with Crippen molar-refractivity contribution in [3.8, 4) is 0 Å². The molecule has 0 bridgehead atoms. The highest BCUT2D eigenvalue weighted by Crippen LogP contribution is 2.40. The number of benzene rings is 2. The highest BCUT2D eigenvalue weighted by atomic mass is 16.2. The highest BCUT2D eigenvalue weighted by molar-refractivity contribution is 5.79. The Morgan fingerprint density at radius 3 is 0.789 bits per heavy atom. The maximum atomic E-state index is 13.6. The first-order valence-electron chi connectivity index (χ1n) is 24.2. The quantitative estimate of drug-likeness (QED) is 0.0524. The molecule has 0 saturated heterocycles. The van der Waals surface area contributed by atoms with Gasteiger partial charge in [0.1, 0.15) is 0 Å². The standard InChI is InChI=1S/C51H88N4O2/c1-3-5-7-9-11-13-15-17-19-21-23-25-27-29-31-39-45-54(49(52)56)51(47-41-35-33-36-42-47,48-43-37-34-38-44-48)55(50(53)57)46-40-32-30-28-26-24-22-20-18-16-14-12-10-8-6-4-2/h33-38,41-44H,3-32,39-40,45-46H2,1-2H3,(H2,52,56)(H2,53,57). The van der Waals surface area contributed by atoms with Gasteiger partial charge in [0, 0.05) is 24.2 Å². The van der Waals surface area contributed by atoms with E-state index >= 15 is 0 Å². The van der Waals surface area contributed by atoms with Gasteiger partial charge in [-0.1, -0.05) is 267 Å². The van der Waals surface area contributed by atoms with Crippen LogP contribution in [0.2, 0.25) is 0 Å². The van der Waals surface area contributed by atoms with Crippen molar-refractivity contribution in [3.63, 3.8) is 0 Å². The molecule has 0 radical (unpaired) electrons. The molecule has 2 aromatic carbocycles. The monoisotopic (exact) mass is 789 g/mol. The van der Waals surface area contributed by atoms with Gasteiger partial charge in [-0.2, -0.15) is 0 Å². The minimum absolute atomic E-state index is 0.445. The zero-order valence-corrected chi connectivity index (χ0v) is 37.2. The van der Waals surface area contributed by atoms with Crippen LogP contribution in [-0.2, 0) is 5.66 Å². The van der Waals surface area contributed by atoms with E-state index in [9.17, 15) is 9.59 Å². The van der Waals surface area contributed by atoms with Crippen LogP contribution in [0.15, 0.2) is 60.7 Å². The fourth-order valence-electron chi connectivity index (χ4n) is 8.78. The molecule has 0 atom stereocenters. The normalized spacial score (nSPS) is 11.5. The van der Waals surface area contributed by atoms with Gasteiger partial charge in [-0.3, -0.25) is 9.80 Å². The first kappa shape index (κ1) is 50.1. The summed E-state index contributed by atoms with van der Waals surface area (Å²) in [5.74, 6) is 0. The van der Waals surface area contributed by atoms with Crippen LogP contribution in [0.3, 0.4) is 0 Å². The van der Waals surface area contributed by atoms with Gasteiger partial charge in [-0.05, 0) is 12.8 Å². The molecule has 2 aromatic rings. The van der Waals surface area contributed by atoms with Crippen molar-refractivity contribution < 1.29 is 9.59 Å². The Bertz CT molecular complexity index is 1130. The van der Waals surface area contributed by atoms with Crippen molar-refractivity contribution in [2.75, 3.05) is 13.1 Å². The first-order valence-corrected chi connectivity index (χ1v) is 24.2. The van der Waals surface area contributed by atoms with Gasteiger partial charge in [0.15, 0.2) is 5.66 Å². The Kier molecular flexibility index (Phi) is 29.8. The van der Waals surface area contributed by atoms with Crippen LogP contribution in [0.5, 0.6) is 0 Å². The van der Waals surface area contributed by atoms with Crippen molar-refractivity contribution in [2.45, 2.75) is 225 Å².